The van der Waals surface area contributed by atoms with Gasteiger partial charge in [0.1, 0.15) is 12.4 Å². The Kier molecular flexibility index (Phi) is 4.88. The molecule has 1 aliphatic carbocycles. The molecule has 4 nitrogen and oxygen atoms in total. The van der Waals surface area contributed by atoms with Crippen molar-refractivity contribution in [3.8, 4) is 6.07 Å². The molecule has 1 saturated carbocycles. The molecule has 0 aliphatic heterocycles. The van der Waals surface area contributed by atoms with Crippen LogP contribution in [0.2, 0.25) is 0 Å². The Morgan fingerprint density at radius 2 is 2.04 bits per heavy atom. The molecule has 0 heterocycles. The van der Waals surface area contributed by atoms with Crippen LogP contribution >= 0.6 is 0 Å². The lowest BCUT2D eigenvalue weighted by atomic mass is 10.2. The van der Waals surface area contributed by atoms with E-state index < -0.39 is 0 Å². The predicted molar refractivity (Wildman–Crippen MR) is 88.7 cm³/mol. The van der Waals surface area contributed by atoms with E-state index in [0.717, 1.165) is 17.7 Å². The Balaban J connectivity index is 1.64. The van der Waals surface area contributed by atoms with E-state index in [9.17, 15) is 9.18 Å². The highest BCUT2D eigenvalue weighted by molar-refractivity contribution is 5.91. The number of nitrogens with one attached hydrogen (secondary N) is 2. The predicted octanol–water partition coefficient (Wildman–Crippen LogP) is 1.88. The van der Waals surface area contributed by atoms with E-state index in [0.29, 0.717) is 29.4 Å². The maximum absolute atomic E-state index is 13.9. The molecule has 1 fully saturated rings. The second-order valence-corrected chi connectivity index (χ2v) is 6.12. The van der Waals surface area contributed by atoms with Gasteiger partial charge in [0.05, 0.1) is 17.7 Å². The number of carbonyl (C=O) groups excluding carboxylic acids is 1. The first-order valence-corrected chi connectivity index (χ1v) is 8.03. The van der Waals surface area contributed by atoms with Crippen LogP contribution in [0.5, 0.6) is 0 Å². The third-order valence-corrected chi connectivity index (χ3v) is 4.19. The Bertz CT molecular complexity index is 780. The molecule has 2 N–H and O–H groups in total. The van der Waals surface area contributed by atoms with Crippen molar-refractivity contribution >= 4 is 11.6 Å². The van der Waals surface area contributed by atoms with Crippen LogP contribution in [-0.4, -0.2) is 18.5 Å². The summed E-state index contributed by atoms with van der Waals surface area (Å²) < 4.78 is 13.9. The van der Waals surface area contributed by atoms with E-state index in [-0.39, 0.29) is 18.3 Å². The van der Waals surface area contributed by atoms with Crippen molar-refractivity contribution in [2.24, 2.45) is 0 Å². The molecule has 1 atom stereocenters. The van der Waals surface area contributed by atoms with Crippen molar-refractivity contribution in [2.75, 3.05) is 11.9 Å². The van der Waals surface area contributed by atoms with Crippen molar-refractivity contribution in [3.05, 3.63) is 65.5 Å². The molecule has 3 rings (SSSR count). The van der Waals surface area contributed by atoms with E-state index >= 15 is 0 Å². The van der Waals surface area contributed by atoms with E-state index in [1.54, 1.807) is 36.4 Å². The molecule has 1 aliphatic rings. The molecule has 0 bridgehead atoms. The Morgan fingerprint density at radius 1 is 1.25 bits per heavy atom. The molecular formula is C19H19FN3O+. The minimum Gasteiger partial charge on any atom is -0.321 e. The van der Waals surface area contributed by atoms with Crippen molar-refractivity contribution in [3.63, 3.8) is 0 Å². The van der Waals surface area contributed by atoms with Crippen LogP contribution in [0.4, 0.5) is 10.1 Å². The third kappa shape index (κ3) is 4.18. The molecule has 0 radical (unpaired) electrons. The normalized spacial score (nSPS) is 14.7. The lowest BCUT2D eigenvalue weighted by Gasteiger charge is -2.19. The van der Waals surface area contributed by atoms with Crippen LogP contribution < -0.4 is 10.2 Å². The molecule has 2 aromatic rings. The van der Waals surface area contributed by atoms with Crippen LogP contribution in [0, 0.1) is 17.1 Å². The summed E-state index contributed by atoms with van der Waals surface area (Å²) in [5.74, 6) is -0.346. The summed E-state index contributed by atoms with van der Waals surface area (Å²) in [6.45, 7) is 0.790. The van der Waals surface area contributed by atoms with E-state index in [1.807, 2.05) is 6.07 Å². The lowest BCUT2D eigenvalue weighted by Crippen LogP contribution is -3.13. The Labute approximate surface area is 140 Å². The SMILES string of the molecule is N#Cc1cccc(NC(=O)C[NH+](Cc2ccccc2F)C2CC2)c1. The van der Waals surface area contributed by atoms with Crippen molar-refractivity contribution in [2.45, 2.75) is 25.4 Å². The lowest BCUT2D eigenvalue weighted by molar-refractivity contribution is -0.917. The van der Waals surface area contributed by atoms with Gasteiger partial charge in [0, 0.05) is 24.1 Å². The second-order valence-electron chi connectivity index (χ2n) is 6.12. The molecule has 0 aromatic heterocycles. The molecular weight excluding hydrogens is 305 g/mol. The van der Waals surface area contributed by atoms with Crippen molar-refractivity contribution in [1.29, 1.82) is 5.26 Å². The minimum absolute atomic E-state index is 0.122. The van der Waals surface area contributed by atoms with Gasteiger partial charge < -0.3 is 10.2 Å². The third-order valence-electron chi connectivity index (χ3n) is 4.19. The van der Waals surface area contributed by atoms with Crippen molar-refractivity contribution < 1.29 is 14.1 Å². The summed E-state index contributed by atoms with van der Waals surface area (Å²) in [6.07, 6.45) is 2.14. The maximum atomic E-state index is 13.9. The van der Waals surface area contributed by atoms with E-state index in [1.165, 1.54) is 6.07 Å². The van der Waals surface area contributed by atoms with Gasteiger partial charge in [-0.25, -0.2) is 4.39 Å². The van der Waals surface area contributed by atoms with Crippen LogP contribution in [-0.2, 0) is 11.3 Å². The Morgan fingerprint density at radius 3 is 2.75 bits per heavy atom. The number of nitrogens with zero attached hydrogens (tertiary/aromatic N) is 1. The minimum atomic E-state index is -0.224. The molecule has 5 heteroatoms. The van der Waals surface area contributed by atoms with Gasteiger partial charge in [0.25, 0.3) is 5.91 Å². The highest BCUT2D eigenvalue weighted by Gasteiger charge is 2.35. The number of hydrogen-bond donors (Lipinski definition) is 2. The standard InChI is InChI=1S/C19H18FN3O/c20-18-7-2-1-5-15(18)12-23(17-8-9-17)13-19(24)22-16-6-3-4-14(10-16)11-21/h1-7,10,17H,8-9,12-13H2,(H,22,24)/p+1. The summed E-state index contributed by atoms with van der Waals surface area (Å²) >= 11 is 0. The first-order valence-electron chi connectivity index (χ1n) is 8.03. The average molecular weight is 324 g/mol. The van der Waals surface area contributed by atoms with Gasteiger partial charge in [-0.3, -0.25) is 4.79 Å². The second kappa shape index (κ2) is 7.24. The number of amides is 1. The van der Waals surface area contributed by atoms with Crippen LogP contribution in [0.1, 0.15) is 24.0 Å². The highest BCUT2D eigenvalue weighted by Crippen LogP contribution is 2.16. The fourth-order valence-corrected chi connectivity index (χ4v) is 2.81. The fraction of sp³-hybridized carbons (Fsp3) is 0.263. The molecule has 0 spiro atoms. The first-order chi connectivity index (χ1) is 11.7. The topological polar surface area (TPSA) is 57.3 Å². The van der Waals surface area contributed by atoms with E-state index in [2.05, 4.69) is 11.4 Å². The number of carbonyl (C=O) groups is 1. The van der Waals surface area contributed by atoms with Crippen LogP contribution in [0.15, 0.2) is 48.5 Å². The number of hydrogen-bond acceptors (Lipinski definition) is 2. The number of nitriles is 1. The monoisotopic (exact) mass is 324 g/mol. The van der Waals surface area contributed by atoms with Gasteiger partial charge >= 0.3 is 0 Å². The summed E-state index contributed by atoms with van der Waals surface area (Å²) in [4.78, 5) is 13.4. The highest BCUT2D eigenvalue weighted by atomic mass is 19.1. The van der Waals surface area contributed by atoms with Crippen LogP contribution in [0.25, 0.3) is 0 Å². The van der Waals surface area contributed by atoms with Crippen molar-refractivity contribution in [1.82, 2.24) is 0 Å². The zero-order valence-electron chi connectivity index (χ0n) is 13.3. The number of quaternary nitrogens is 1. The summed E-state index contributed by atoms with van der Waals surface area (Å²) in [5.41, 5.74) is 1.75. The van der Waals surface area contributed by atoms with Crippen LogP contribution in [0.3, 0.4) is 0 Å². The molecule has 1 unspecified atom stereocenters. The average Bonchev–Trinajstić information content (AvgIpc) is 3.41. The number of rotatable bonds is 6. The van der Waals surface area contributed by atoms with Gasteiger partial charge in [-0.2, -0.15) is 5.26 Å². The molecule has 1 amide bonds. The Hall–Kier alpha value is -2.71. The molecule has 2 aromatic carbocycles. The molecule has 24 heavy (non-hydrogen) atoms. The summed E-state index contributed by atoms with van der Waals surface area (Å²) in [7, 11) is 0. The molecule has 0 saturated heterocycles. The smallest absolute Gasteiger partial charge is 0.279 e. The fourth-order valence-electron chi connectivity index (χ4n) is 2.81. The zero-order chi connectivity index (χ0) is 16.9. The zero-order valence-corrected chi connectivity index (χ0v) is 13.3. The van der Waals surface area contributed by atoms with Gasteiger partial charge in [0.2, 0.25) is 0 Å². The van der Waals surface area contributed by atoms with Gasteiger partial charge in [-0.1, -0.05) is 24.3 Å². The summed E-state index contributed by atoms with van der Waals surface area (Å²) in [5, 5.41) is 11.7. The maximum Gasteiger partial charge on any atom is 0.279 e. The largest absolute Gasteiger partial charge is 0.321 e. The van der Waals surface area contributed by atoms with Gasteiger partial charge in [-0.15, -0.1) is 0 Å². The van der Waals surface area contributed by atoms with Gasteiger partial charge in [0.15, 0.2) is 6.54 Å². The van der Waals surface area contributed by atoms with Gasteiger partial charge in [-0.05, 0) is 24.3 Å². The number of benzene rings is 2. The number of halogens is 1. The summed E-state index contributed by atoms with van der Waals surface area (Å²) in [6, 6.07) is 16.0. The molecule has 122 valence electrons. The van der Waals surface area contributed by atoms with E-state index in [4.69, 9.17) is 5.26 Å². The first kappa shape index (κ1) is 16.2. The quantitative estimate of drug-likeness (QED) is 0.852. The number of anilines is 1.